The van der Waals surface area contributed by atoms with Crippen LogP contribution in [0.2, 0.25) is 0 Å². The van der Waals surface area contributed by atoms with E-state index >= 15 is 0 Å². The van der Waals surface area contributed by atoms with Gasteiger partial charge in [-0.15, -0.1) is 0 Å². The Bertz CT molecular complexity index is 401. The molecule has 98 valence electrons. The minimum Gasteiger partial charge on any atom is -0.484 e. The summed E-state index contributed by atoms with van der Waals surface area (Å²) in [7, 11) is 0. The molecule has 0 saturated heterocycles. The summed E-state index contributed by atoms with van der Waals surface area (Å²) >= 11 is 0. The minimum atomic E-state index is -0.491. The van der Waals surface area contributed by atoms with Crippen LogP contribution >= 0.6 is 0 Å². The van der Waals surface area contributed by atoms with Gasteiger partial charge in [-0.05, 0) is 25.5 Å². The standard InChI is InChI=1S/C13H18N2O3/c1-3-8-14-13(17)15-12(16)9-18-11-6-4-10(2)5-7-11/h4-7H,3,8-9H2,1-2H3,(H2,14,15,16,17). The highest BCUT2D eigenvalue weighted by Gasteiger charge is 2.07. The molecule has 0 atom stereocenters. The molecule has 0 saturated carbocycles. The Morgan fingerprint density at radius 3 is 2.50 bits per heavy atom. The first-order chi connectivity index (χ1) is 8.61. The fourth-order valence-electron chi connectivity index (χ4n) is 1.23. The van der Waals surface area contributed by atoms with Crippen LogP contribution in [0.25, 0.3) is 0 Å². The van der Waals surface area contributed by atoms with Crippen molar-refractivity contribution in [3.05, 3.63) is 29.8 Å². The second-order valence-electron chi connectivity index (χ2n) is 3.91. The van der Waals surface area contributed by atoms with E-state index in [-0.39, 0.29) is 6.61 Å². The molecule has 3 amide bonds. The number of carbonyl (C=O) groups is 2. The molecule has 0 aromatic heterocycles. The smallest absolute Gasteiger partial charge is 0.321 e. The van der Waals surface area contributed by atoms with E-state index in [4.69, 9.17) is 4.74 Å². The number of urea groups is 1. The monoisotopic (exact) mass is 250 g/mol. The van der Waals surface area contributed by atoms with Crippen LogP contribution in [0.15, 0.2) is 24.3 Å². The molecular formula is C13H18N2O3. The van der Waals surface area contributed by atoms with Crippen molar-refractivity contribution in [3.63, 3.8) is 0 Å². The zero-order valence-electron chi connectivity index (χ0n) is 10.7. The SMILES string of the molecule is CCCNC(=O)NC(=O)COc1ccc(C)cc1. The molecule has 0 aliphatic carbocycles. The number of hydrogen-bond donors (Lipinski definition) is 2. The molecule has 0 aliphatic rings. The Morgan fingerprint density at radius 2 is 1.89 bits per heavy atom. The third-order valence-electron chi connectivity index (χ3n) is 2.18. The van der Waals surface area contributed by atoms with Crippen molar-refractivity contribution in [1.82, 2.24) is 10.6 Å². The molecule has 0 fully saturated rings. The molecule has 5 nitrogen and oxygen atoms in total. The molecule has 0 bridgehead atoms. The van der Waals surface area contributed by atoms with Crippen LogP contribution in [0.5, 0.6) is 5.75 Å². The van der Waals surface area contributed by atoms with Gasteiger partial charge >= 0.3 is 6.03 Å². The lowest BCUT2D eigenvalue weighted by Crippen LogP contribution is -2.41. The molecule has 18 heavy (non-hydrogen) atoms. The van der Waals surface area contributed by atoms with Crippen LogP contribution in [0.1, 0.15) is 18.9 Å². The summed E-state index contributed by atoms with van der Waals surface area (Å²) in [5.74, 6) is 0.133. The van der Waals surface area contributed by atoms with Gasteiger partial charge in [0.1, 0.15) is 5.75 Å². The highest BCUT2D eigenvalue weighted by atomic mass is 16.5. The summed E-state index contributed by atoms with van der Waals surface area (Å²) in [6, 6.07) is 6.84. The molecule has 5 heteroatoms. The van der Waals surface area contributed by atoms with E-state index in [1.54, 1.807) is 12.1 Å². The lowest BCUT2D eigenvalue weighted by atomic mass is 10.2. The summed E-state index contributed by atoms with van der Waals surface area (Å²) in [5.41, 5.74) is 1.12. The number of carbonyl (C=O) groups excluding carboxylic acids is 2. The third kappa shape index (κ3) is 5.34. The maximum atomic E-state index is 11.4. The number of imide groups is 1. The first kappa shape index (κ1) is 14.0. The van der Waals surface area contributed by atoms with Crippen LogP contribution in [0.4, 0.5) is 4.79 Å². The van der Waals surface area contributed by atoms with Gasteiger partial charge in [0.05, 0.1) is 0 Å². The first-order valence-electron chi connectivity index (χ1n) is 5.89. The van der Waals surface area contributed by atoms with Crippen LogP contribution < -0.4 is 15.4 Å². The maximum Gasteiger partial charge on any atom is 0.321 e. The Hall–Kier alpha value is -2.04. The van der Waals surface area contributed by atoms with Crippen molar-refractivity contribution in [2.24, 2.45) is 0 Å². The zero-order chi connectivity index (χ0) is 13.4. The van der Waals surface area contributed by atoms with Crippen molar-refractivity contribution in [2.45, 2.75) is 20.3 Å². The van der Waals surface area contributed by atoms with Gasteiger partial charge < -0.3 is 10.1 Å². The number of amides is 3. The van der Waals surface area contributed by atoms with E-state index in [0.29, 0.717) is 12.3 Å². The zero-order valence-corrected chi connectivity index (χ0v) is 10.7. The second-order valence-corrected chi connectivity index (χ2v) is 3.91. The van der Waals surface area contributed by atoms with Crippen LogP contribution in [0.3, 0.4) is 0 Å². The highest BCUT2D eigenvalue weighted by molar-refractivity contribution is 5.94. The Labute approximate surface area is 107 Å². The average Bonchev–Trinajstić information content (AvgIpc) is 2.35. The predicted octanol–water partition coefficient (Wildman–Crippen LogP) is 1.61. The lowest BCUT2D eigenvalue weighted by Gasteiger charge is -2.07. The summed E-state index contributed by atoms with van der Waals surface area (Å²) in [5, 5.41) is 4.72. The fraction of sp³-hybridized carbons (Fsp3) is 0.385. The van der Waals surface area contributed by atoms with Gasteiger partial charge in [-0.3, -0.25) is 10.1 Å². The van der Waals surface area contributed by atoms with Crippen molar-refractivity contribution in [2.75, 3.05) is 13.2 Å². The molecule has 0 radical (unpaired) electrons. The van der Waals surface area contributed by atoms with Crippen molar-refractivity contribution in [3.8, 4) is 5.75 Å². The number of hydrogen-bond acceptors (Lipinski definition) is 3. The third-order valence-corrected chi connectivity index (χ3v) is 2.18. The Balaban J connectivity index is 2.28. The fourth-order valence-corrected chi connectivity index (χ4v) is 1.23. The quantitative estimate of drug-likeness (QED) is 0.834. The van der Waals surface area contributed by atoms with Crippen molar-refractivity contribution >= 4 is 11.9 Å². The van der Waals surface area contributed by atoms with Gasteiger partial charge in [-0.1, -0.05) is 24.6 Å². The van der Waals surface area contributed by atoms with Crippen molar-refractivity contribution in [1.29, 1.82) is 0 Å². The summed E-state index contributed by atoms with van der Waals surface area (Å²) in [4.78, 5) is 22.5. The van der Waals surface area contributed by atoms with E-state index in [9.17, 15) is 9.59 Å². The topological polar surface area (TPSA) is 67.4 Å². The van der Waals surface area contributed by atoms with E-state index < -0.39 is 11.9 Å². The van der Waals surface area contributed by atoms with Gasteiger partial charge in [0, 0.05) is 6.54 Å². The van der Waals surface area contributed by atoms with Crippen LogP contribution in [0, 0.1) is 6.92 Å². The van der Waals surface area contributed by atoms with Crippen LogP contribution in [-0.2, 0) is 4.79 Å². The van der Waals surface area contributed by atoms with E-state index in [1.165, 1.54) is 0 Å². The first-order valence-corrected chi connectivity index (χ1v) is 5.89. The number of rotatable bonds is 5. The van der Waals surface area contributed by atoms with Crippen molar-refractivity contribution < 1.29 is 14.3 Å². The Morgan fingerprint density at radius 1 is 1.22 bits per heavy atom. The number of nitrogens with one attached hydrogen (secondary N) is 2. The Kier molecular flexibility index (Phi) is 5.70. The molecule has 0 spiro atoms. The molecule has 1 aromatic carbocycles. The summed E-state index contributed by atoms with van der Waals surface area (Å²) in [6.45, 7) is 4.26. The molecule has 2 N–H and O–H groups in total. The van der Waals surface area contributed by atoms with Gasteiger partial charge in [0.25, 0.3) is 5.91 Å². The average molecular weight is 250 g/mol. The molecule has 0 heterocycles. The number of benzene rings is 1. The normalized spacial score (nSPS) is 9.67. The van der Waals surface area contributed by atoms with Gasteiger partial charge in [0.15, 0.2) is 6.61 Å². The van der Waals surface area contributed by atoms with Crippen LogP contribution in [-0.4, -0.2) is 25.1 Å². The molecule has 1 aromatic rings. The van der Waals surface area contributed by atoms with Gasteiger partial charge in [0.2, 0.25) is 0 Å². The largest absolute Gasteiger partial charge is 0.484 e. The summed E-state index contributed by atoms with van der Waals surface area (Å²) < 4.78 is 5.24. The minimum absolute atomic E-state index is 0.178. The molecular weight excluding hydrogens is 232 g/mol. The predicted molar refractivity (Wildman–Crippen MR) is 68.5 cm³/mol. The highest BCUT2D eigenvalue weighted by Crippen LogP contribution is 2.10. The van der Waals surface area contributed by atoms with Gasteiger partial charge in [-0.25, -0.2) is 4.79 Å². The number of ether oxygens (including phenoxy) is 1. The lowest BCUT2D eigenvalue weighted by molar-refractivity contribution is -0.122. The number of aryl methyl sites for hydroxylation is 1. The summed E-state index contributed by atoms with van der Waals surface area (Å²) in [6.07, 6.45) is 0.821. The van der Waals surface area contributed by atoms with E-state index in [2.05, 4.69) is 10.6 Å². The van der Waals surface area contributed by atoms with Gasteiger partial charge in [-0.2, -0.15) is 0 Å². The molecule has 0 aliphatic heterocycles. The van der Waals surface area contributed by atoms with E-state index in [0.717, 1.165) is 12.0 Å². The second kappa shape index (κ2) is 7.32. The maximum absolute atomic E-state index is 11.4. The molecule has 1 rings (SSSR count). The van der Waals surface area contributed by atoms with E-state index in [1.807, 2.05) is 26.0 Å². The molecule has 0 unspecified atom stereocenters.